The molecule has 1 aliphatic rings. The summed E-state index contributed by atoms with van der Waals surface area (Å²) in [6, 6.07) is 47.1. The van der Waals surface area contributed by atoms with E-state index in [4.69, 9.17) is 28.4 Å². The zero-order valence-electron chi connectivity index (χ0n) is 34.4. The fourth-order valence-corrected chi connectivity index (χ4v) is 7.61. The lowest BCUT2D eigenvalue weighted by molar-refractivity contribution is -0.312. The summed E-state index contributed by atoms with van der Waals surface area (Å²) in [7, 11) is 0. The highest BCUT2D eigenvalue weighted by Crippen LogP contribution is 2.35. The van der Waals surface area contributed by atoms with Crippen LogP contribution in [0, 0.1) is 0 Å². The van der Waals surface area contributed by atoms with E-state index in [2.05, 4.69) is 4.99 Å². The molecule has 0 N–H and O–H groups in total. The molecule has 1 saturated heterocycles. The summed E-state index contributed by atoms with van der Waals surface area (Å²) in [6.07, 6.45) is -13.9. The Labute approximate surface area is 372 Å². The highest BCUT2D eigenvalue weighted by atomic mass is 32.2. The van der Waals surface area contributed by atoms with E-state index < -0.39 is 54.2 Å². The topological polar surface area (TPSA) is 67.7 Å². The van der Waals surface area contributed by atoms with Crippen LogP contribution < -0.4 is 0 Å². The number of halogens is 6. The predicted molar refractivity (Wildman–Crippen MR) is 232 cm³/mol. The largest absolute Gasteiger partial charge is 0.440 e. The van der Waals surface area contributed by atoms with Crippen LogP contribution in [0.3, 0.4) is 0 Å². The normalized spacial score (nSPS) is 19.3. The van der Waals surface area contributed by atoms with Crippen molar-refractivity contribution in [3.8, 4) is 0 Å². The first kappa shape index (κ1) is 46.5. The van der Waals surface area contributed by atoms with Gasteiger partial charge in [0, 0.05) is 5.75 Å². The van der Waals surface area contributed by atoms with Crippen LogP contribution in [0.4, 0.5) is 32.0 Å². The van der Waals surface area contributed by atoms with E-state index in [9.17, 15) is 26.3 Å². The lowest BCUT2D eigenvalue weighted by Crippen LogP contribution is -2.62. The molecule has 0 aliphatic carbocycles. The van der Waals surface area contributed by atoms with Crippen molar-refractivity contribution in [1.29, 1.82) is 0 Å². The fraction of sp³-hybridized carbons (Fsp3) is 0.260. The summed E-state index contributed by atoms with van der Waals surface area (Å²) < 4.78 is 121. The Bertz CT molecular complexity index is 2320. The molecule has 7 nitrogen and oxygen atoms in total. The molecule has 0 spiro atoms. The number of rotatable bonds is 17. The number of aliphatic imine (C=N–C) groups is 1. The second-order valence-electron chi connectivity index (χ2n) is 14.9. The second kappa shape index (κ2) is 22.4. The Hall–Kier alpha value is -5.48. The minimum atomic E-state index is -4.58. The van der Waals surface area contributed by atoms with Crippen molar-refractivity contribution in [3.63, 3.8) is 0 Å². The molecule has 14 heteroatoms. The molecule has 6 aromatic rings. The Morgan fingerprint density at radius 3 is 1.38 bits per heavy atom. The maximum absolute atomic E-state index is 13.6. The average Bonchev–Trinajstić information content (AvgIpc) is 3.30. The van der Waals surface area contributed by atoms with Gasteiger partial charge in [0.2, 0.25) is 6.29 Å². The molecule has 5 atom stereocenters. The lowest BCUT2D eigenvalue weighted by Gasteiger charge is -2.45. The summed E-state index contributed by atoms with van der Waals surface area (Å²) in [5.74, 6) is 0.0836. The van der Waals surface area contributed by atoms with Gasteiger partial charge in [0.25, 0.3) is 5.23 Å². The number of thioether (sulfide) groups is 1. The van der Waals surface area contributed by atoms with E-state index in [-0.39, 0.29) is 49.7 Å². The van der Waals surface area contributed by atoms with Gasteiger partial charge in [-0.05, 0) is 64.2 Å². The number of nitrogens with zero attached hydrogens (tertiary/aromatic N) is 1. The van der Waals surface area contributed by atoms with Crippen molar-refractivity contribution >= 4 is 22.7 Å². The molecule has 1 aliphatic heterocycles. The first-order valence-corrected chi connectivity index (χ1v) is 21.4. The summed E-state index contributed by atoms with van der Waals surface area (Å²) in [5.41, 5.74) is 2.51. The van der Waals surface area contributed by atoms with Crippen molar-refractivity contribution in [3.05, 3.63) is 209 Å². The van der Waals surface area contributed by atoms with Crippen molar-refractivity contribution in [2.75, 3.05) is 6.61 Å². The van der Waals surface area contributed by atoms with Gasteiger partial charge in [0.05, 0.1) is 49.8 Å². The zero-order chi connectivity index (χ0) is 44.8. The van der Waals surface area contributed by atoms with Crippen molar-refractivity contribution in [2.24, 2.45) is 4.99 Å². The Balaban J connectivity index is 1.26. The van der Waals surface area contributed by atoms with Gasteiger partial charge in [-0.3, -0.25) is 0 Å². The molecule has 64 heavy (non-hydrogen) atoms. The highest BCUT2D eigenvalue weighted by molar-refractivity contribution is 8.12. The molecule has 0 saturated carbocycles. The third-order valence-electron chi connectivity index (χ3n) is 10.1. The van der Waals surface area contributed by atoms with E-state index in [1.165, 1.54) is 24.3 Å². The van der Waals surface area contributed by atoms with Crippen LogP contribution in [-0.4, -0.2) is 42.5 Å². The van der Waals surface area contributed by atoms with Crippen LogP contribution in [0.5, 0.6) is 0 Å². The number of benzene rings is 6. The number of hydrogen-bond acceptors (Lipinski definition) is 8. The third kappa shape index (κ3) is 13.8. The van der Waals surface area contributed by atoms with Gasteiger partial charge in [0.15, 0.2) is 0 Å². The number of ether oxygens (including phenoxy) is 6. The molecular formula is C50H45F6NO6S. The molecule has 5 unspecified atom stereocenters. The Morgan fingerprint density at radius 2 is 0.906 bits per heavy atom. The molecule has 1 heterocycles. The fourth-order valence-electron chi connectivity index (χ4n) is 6.80. The summed E-state index contributed by atoms with van der Waals surface area (Å²) >= 11 is 1.02. The number of alkyl halides is 6. The summed E-state index contributed by atoms with van der Waals surface area (Å²) in [5, 5.41) is -0.0487. The lowest BCUT2D eigenvalue weighted by atomic mass is 9.97. The summed E-state index contributed by atoms with van der Waals surface area (Å²) in [6.45, 7) is 0.724. The smallest absolute Gasteiger partial charge is 0.416 e. The predicted octanol–water partition coefficient (Wildman–Crippen LogP) is 12.4. The minimum absolute atomic E-state index is 0.0227. The Morgan fingerprint density at radius 1 is 0.484 bits per heavy atom. The second-order valence-corrected chi connectivity index (χ2v) is 15.8. The quantitative estimate of drug-likeness (QED) is 0.0513. The van der Waals surface area contributed by atoms with Crippen LogP contribution in [0.2, 0.25) is 0 Å². The van der Waals surface area contributed by atoms with Gasteiger partial charge in [-0.25, -0.2) is 4.99 Å². The van der Waals surface area contributed by atoms with Crippen LogP contribution in [0.15, 0.2) is 175 Å². The van der Waals surface area contributed by atoms with Crippen LogP contribution in [0.1, 0.15) is 38.9 Å². The van der Waals surface area contributed by atoms with E-state index >= 15 is 0 Å². The van der Waals surface area contributed by atoms with Gasteiger partial charge in [-0.2, -0.15) is 26.3 Å². The SMILES string of the molecule is FC(F)(F)c1ccc(CSC(=Nc2ccc(C(F)(F)F)cc2)OC2OC(COCc3ccccc3)C(OCc3ccccc3)C(OCc3ccccc3)C2OCc2ccccc2)cc1. The first-order chi connectivity index (χ1) is 31.0. The maximum atomic E-state index is 13.6. The maximum Gasteiger partial charge on any atom is 0.416 e. The van der Waals surface area contributed by atoms with Gasteiger partial charge in [0.1, 0.15) is 24.4 Å². The van der Waals surface area contributed by atoms with Crippen LogP contribution in [0.25, 0.3) is 0 Å². The molecule has 0 aromatic heterocycles. The van der Waals surface area contributed by atoms with Crippen molar-refractivity contribution in [1.82, 2.24) is 0 Å². The van der Waals surface area contributed by atoms with Crippen molar-refractivity contribution < 1.29 is 54.8 Å². The average molecular weight is 902 g/mol. The molecule has 6 aromatic carbocycles. The van der Waals surface area contributed by atoms with E-state index in [1.807, 2.05) is 121 Å². The molecule has 0 radical (unpaired) electrons. The van der Waals surface area contributed by atoms with Crippen LogP contribution >= 0.6 is 11.8 Å². The van der Waals surface area contributed by atoms with Gasteiger partial charge >= 0.3 is 12.4 Å². The van der Waals surface area contributed by atoms with Gasteiger partial charge < -0.3 is 28.4 Å². The van der Waals surface area contributed by atoms with Gasteiger partial charge in [-0.1, -0.05) is 145 Å². The zero-order valence-corrected chi connectivity index (χ0v) is 35.2. The molecular weight excluding hydrogens is 857 g/mol. The third-order valence-corrected chi connectivity index (χ3v) is 11.0. The van der Waals surface area contributed by atoms with E-state index in [0.717, 1.165) is 58.3 Å². The standard InChI is InChI=1S/C50H45F6NO6S/c51-49(52,53)40-23-21-39(22-24-40)34-64-48(57-42-27-25-41(26-28-42)50(54,55)56)63-47-46(61-32-38-19-11-4-12-20-38)45(60-31-37-17-9-3-10-18-37)44(59-30-36-15-7-2-8-16-36)43(62-47)33-58-29-35-13-5-1-6-14-35/h1-28,43-47H,29-34H2. The monoisotopic (exact) mass is 901 g/mol. The number of hydrogen-bond donors (Lipinski definition) is 0. The molecule has 0 amide bonds. The molecule has 0 bridgehead atoms. The molecule has 7 rings (SSSR count). The minimum Gasteiger partial charge on any atom is -0.440 e. The summed E-state index contributed by atoms with van der Waals surface area (Å²) in [4.78, 5) is 4.61. The molecule has 334 valence electrons. The van der Waals surface area contributed by atoms with Gasteiger partial charge in [-0.15, -0.1) is 0 Å². The van der Waals surface area contributed by atoms with Crippen molar-refractivity contribution in [2.45, 2.75) is 75.2 Å². The Kier molecular flexibility index (Phi) is 16.3. The highest BCUT2D eigenvalue weighted by Gasteiger charge is 2.50. The molecule has 1 fully saturated rings. The van der Waals surface area contributed by atoms with E-state index in [0.29, 0.717) is 5.56 Å². The first-order valence-electron chi connectivity index (χ1n) is 20.4. The van der Waals surface area contributed by atoms with E-state index in [1.54, 1.807) is 0 Å². The van der Waals surface area contributed by atoms with Crippen LogP contribution in [-0.2, 0) is 73.0 Å².